The summed E-state index contributed by atoms with van der Waals surface area (Å²) in [6.45, 7) is 4.15. The van der Waals surface area contributed by atoms with E-state index in [4.69, 9.17) is 26.8 Å². The molecule has 2 N–H and O–H groups in total. The summed E-state index contributed by atoms with van der Waals surface area (Å²) in [4.78, 5) is 0. The number of rotatable bonds is 6. The van der Waals surface area contributed by atoms with Crippen molar-refractivity contribution >= 4 is 11.6 Å². The average Bonchev–Trinajstić information content (AvgIpc) is 2.41. The molecule has 1 aromatic rings. The fraction of sp³-hybridized carbons (Fsp3) is 0.571. The van der Waals surface area contributed by atoms with Crippen LogP contribution >= 0.6 is 11.6 Å². The summed E-state index contributed by atoms with van der Waals surface area (Å²) in [5, 5.41) is 0.651. The van der Waals surface area contributed by atoms with Crippen molar-refractivity contribution < 1.29 is 9.47 Å². The van der Waals surface area contributed by atoms with E-state index in [1.807, 2.05) is 12.1 Å². The third kappa shape index (κ3) is 2.79. The maximum Gasteiger partial charge on any atom is 0.123 e. The maximum atomic E-state index is 6.39. The Hall–Kier alpha value is -0.770. The first-order valence-corrected chi connectivity index (χ1v) is 6.56. The average molecular weight is 272 g/mol. The summed E-state index contributed by atoms with van der Waals surface area (Å²) >= 11 is 6.05. The normalized spacial score (nSPS) is 13.4. The highest BCUT2D eigenvalue weighted by Gasteiger charge is 2.35. The molecule has 4 heteroatoms. The van der Waals surface area contributed by atoms with E-state index >= 15 is 0 Å². The molecule has 0 fully saturated rings. The minimum absolute atomic E-state index is 0.272. The van der Waals surface area contributed by atoms with Gasteiger partial charge in [-0.25, -0.2) is 0 Å². The van der Waals surface area contributed by atoms with Crippen LogP contribution in [0.3, 0.4) is 0 Å². The van der Waals surface area contributed by atoms with Gasteiger partial charge in [0, 0.05) is 17.7 Å². The highest BCUT2D eigenvalue weighted by molar-refractivity contribution is 6.30. The molecule has 0 aliphatic carbocycles. The van der Waals surface area contributed by atoms with Gasteiger partial charge < -0.3 is 15.2 Å². The molecule has 0 saturated carbocycles. The molecule has 0 radical (unpaired) electrons. The number of ether oxygens (including phenoxy) is 2. The summed E-state index contributed by atoms with van der Waals surface area (Å²) < 4.78 is 11.0. The van der Waals surface area contributed by atoms with Gasteiger partial charge in [-0.3, -0.25) is 0 Å². The van der Waals surface area contributed by atoms with Crippen LogP contribution in [0.1, 0.15) is 38.3 Å². The van der Waals surface area contributed by atoms with Crippen molar-refractivity contribution in [2.24, 2.45) is 5.73 Å². The highest BCUT2D eigenvalue weighted by Crippen LogP contribution is 2.38. The molecule has 1 rings (SSSR count). The van der Waals surface area contributed by atoms with Crippen molar-refractivity contribution in [3.05, 3.63) is 28.8 Å². The van der Waals surface area contributed by atoms with Crippen molar-refractivity contribution in [3.63, 3.8) is 0 Å². The van der Waals surface area contributed by atoms with Gasteiger partial charge in [0.1, 0.15) is 5.75 Å². The van der Waals surface area contributed by atoms with Crippen molar-refractivity contribution in [1.29, 1.82) is 0 Å². The number of halogens is 1. The zero-order valence-corrected chi connectivity index (χ0v) is 12.3. The number of methoxy groups -OCH3 is 2. The van der Waals surface area contributed by atoms with E-state index in [0.717, 1.165) is 24.2 Å². The molecule has 0 aliphatic rings. The fourth-order valence-corrected chi connectivity index (χ4v) is 2.52. The number of hydrogen-bond donors (Lipinski definition) is 1. The lowest BCUT2D eigenvalue weighted by Crippen LogP contribution is -2.42. The van der Waals surface area contributed by atoms with Crippen LogP contribution in [0.4, 0.5) is 0 Å². The van der Waals surface area contributed by atoms with E-state index in [0.29, 0.717) is 5.02 Å². The molecule has 1 atom stereocenters. The van der Waals surface area contributed by atoms with Crippen LogP contribution < -0.4 is 10.5 Å². The van der Waals surface area contributed by atoms with Crippen molar-refractivity contribution in [3.8, 4) is 5.75 Å². The Morgan fingerprint density at radius 3 is 2.33 bits per heavy atom. The van der Waals surface area contributed by atoms with Gasteiger partial charge in [-0.2, -0.15) is 0 Å². The van der Waals surface area contributed by atoms with Gasteiger partial charge in [-0.05, 0) is 31.0 Å². The third-order valence-electron chi connectivity index (χ3n) is 3.70. The fourth-order valence-electron chi connectivity index (χ4n) is 2.34. The van der Waals surface area contributed by atoms with Gasteiger partial charge in [0.25, 0.3) is 0 Å². The van der Waals surface area contributed by atoms with E-state index in [9.17, 15) is 0 Å². The summed E-state index contributed by atoms with van der Waals surface area (Å²) in [5.74, 6) is 0.746. The van der Waals surface area contributed by atoms with Gasteiger partial charge in [0.2, 0.25) is 0 Å². The molecule has 0 spiro atoms. The summed E-state index contributed by atoms with van der Waals surface area (Å²) in [6.07, 6.45) is 1.66. The zero-order valence-electron chi connectivity index (χ0n) is 11.5. The molecular weight excluding hydrogens is 250 g/mol. The monoisotopic (exact) mass is 271 g/mol. The van der Waals surface area contributed by atoms with Gasteiger partial charge in [0.15, 0.2) is 0 Å². The van der Waals surface area contributed by atoms with Crippen LogP contribution in [-0.4, -0.2) is 19.8 Å². The Balaban J connectivity index is 3.23. The van der Waals surface area contributed by atoms with E-state index in [1.54, 1.807) is 20.3 Å². The molecule has 18 heavy (non-hydrogen) atoms. The van der Waals surface area contributed by atoms with E-state index in [1.165, 1.54) is 0 Å². The second-order valence-electron chi connectivity index (χ2n) is 4.34. The second kappa shape index (κ2) is 6.41. The quantitative estimate of drug-likeness (QED) is 0.860. The standard InChI is InChI=1S/C14H22ClNO2/c1-5-14(6-2,18-4)13(16)11-9-10(15)7-8-12(11)17-3/h7-9,13H,5-6,16H2,1-4H3. The second-order valence-corrected chi connectivity index (χ2v) is 4.78. The number of benzene rings is 1. The molecular formula is C14H22ClNO2. The van der Waals surface area contributed by atoms with Crippen LogP contribution in [0.2, 0.25) is 5.02 Å². The summed E-state index contributed by atoms with van der Waals surface area (Å²) in [6, 6.07) is 5.21. The molecule has 0 heterocycles. The lowest BCUT2D eigenvalue weighted by atomic mass is 9.84. The Kier molecular flexibility index (Phi) is 5.45. The van der Waals surface area contributed by atoms with Gasteiger partial charge in [0.05, 0.1) is 18.8 Å². The number of hydrogen-bond acceptors (Lipinski definition) is 3. The van der Waals surface area contributed by atoms with E-state index in [2.05, 4.69) is 13.8 Å². The smallest absolute Gasteiger partial charge is 0.123 e. The van der Waals surface area contributed by atoms with E-state index in [-0.39, 0.29) is 6.04 Å². The van der Waals surface area contributed by atoms with Crippen molar-refractivity contribution in [2.75, 3.05) is 14.2 Å². The molecule has 0 saturated heterocycles. The van der Waals surface area contributed by atoms with Crippen molar-refractivity contribution in [1.82, 2.24) is 0 Å². The topological polar surface area (TPSA) is 44.5 Å². The Morgan fingerprint density at radius 2 is 1.89 bits per heavy atom. The summed E-state index contributed by atoms with van der Waals surface area (Å²) in [5.41, 5.74) is 6.88. The predicted molar refractivity (Wildman–Crippen MR) is 75.3 cm³/mol. The minimum atomic E-state index is -0.391. The first-order valence-electron chi connectivity index (χ1n) is 6.18. The zero-order chi connectivity index (χ0) is 13.8. The maximum absolute atomic E-state index is 6.39. The first kappa shape index (κ1) is 15.3. The molecule has 0 aliphatic heterocycles. The van der Waals surface area contributed by atoms with Gasteiger partial charge >= 0.3 is 0 Å². The van der Waals surface area contributed by atoms with Crippen LogP contribution in [0.25, 0.3) is 0 Å². The van der Waals surface area contributed by atoms with Gasteiger partial charge in [-0.15, -0.1) is 0 Å². The Morgan fingerprint density at radius 1 is 1.28 bits per heavy atom. The Labute approximate surface area is 114 Å². The lowest BCUT2D eigenvalue weighted by molar-refractivity contribution is -0.0390. The number of nitrogens with two attached hydrogens (primary N) is 1. The van der Waals surface area contributed by atoms with Crippen LogP contribution in [0.5, 0.6) is 5.75 Å². The molecule has 0 bridgehead atoms. The van der Waals surface area contributed by atoms with Crippen molar-refractivity contribution in [2.45, 2.75) is 38.3 Å². The van der Waals surface area contributed by atoms with E-state index < -0.39 is 5.60 Å². The lowest BCUT2D eigenvalue weighted by Gasteiger charge is -2.37. The van der Waals surface area contributed by atoms with Crippen LogP contribution in [0.15, 0.2) is 18.2 Å². The highest BCUT2D eigenvalue weighted by atomic mass is 35.5. The Bertz CT molecular complexity index is 383. The molecule has 102 valence electrons. The first-order chi connectivity index (χ1) is 8.54. The van der Waals surface area contributed by atoms with Gasteiger partial charge in [-0.1, -0.05) is 25.4 Å². The third-order valence-corrected chi connectivity index (χ3v) is 3.93. The minimum Gasteiger partial charge on any atom is -0.496 e. The molecule has 0 amide bonds. The van der Waals surface area contributed by atoms with Crippen LogP contribution in [0, 0.1) is 0 Å². The summed E-state index contributed by atoms with van der Waals surface area (Å²) in [7, 11) is 3.33. The molecule has 1 unspecified atom stereocenters. The SMILES string of the molecule is CCC(CC)(OC)C(N)c1cc(Cl)ccc1OC. The molecule has 1 aromatic carbocycles. The predicted octanol–water partition coefficient (Wildman–Crippen LogP) is 3.55. The molecule has 3 nitrogen and oxygen atoms in total. The van der Waals surface area contributed by atoms with Crippen LogP contribution in [-0.2, 0) is 4.74 Å². The largest absolute Gasteiger partial charge is 0.496 e. The molecule has 0 aromatic heterocycles.